The van der Waals surface area contributed by atoms with Crippen LogP contribution in [0.4, 0.5) is 5.82 Å². The number of tetrazole rings is 1. The summed E-state index contributed by atoms with van der Waals surface area (Å²) in [6.45, 7) is 5.30. The molecule has 6 heteroatoms. The van der Waals surface area contributed by atoms with E-state index in [9.17, 15) is 0 Å². The van der Waals surface area contributed by atoms with E-state index in [1.54, 1.807) is 0 Å². The minimum absolute atomic E-state index is 0.663. The van der Waals surface area contributed by atoms with E-state index >= 15 is 0 Å². The summed E-state index contributed by atoms with van der Waals surface area (Å²) in [6.07, 6.45) is 1.10. The summed E-state index contributed by atoms with van der Waals surface area (Å²) in [5.74, 6) is 1.49. The quantitative estimate of drug-likeness (QED) is 0.774. The highest BCUT2D eigenvalue weighted by molar-refractivity contribution is 5.99. The monoisotopic (exact) mass is 256 g/mol. The van der Waals surface area contributed by atoms with Crippen molar-refractivity contribution in [1.29, 1.82) is 0 Å². The molecule has 0 aliphatic rings. The van der Waals surface area contributed by atoms with Gasteiger partial charge in [0.1, 0.15) is 0 Å². The number of anilines is 1. The van der Waals surface area contributed by atoms with Crippen LogP contribution in [0.5, 0.6) is 0 Å². The van der Waals surface area contributed by atoms with Crippen LogP contribution >= 0.6 is 0 Å². The molecule has 0 unspecified atom stereocenters. The lowest BCUT2D eigenvalue weighted by Gasteiger charge is -2.10. The van der Waals surface area contributed by atoms with Crippen molar-refractivity contribution >= 4 is 22.2 Å². The second kappa shape index (κ2) is 4.79. The molecule has 0 spiro atoms. The first kappa shape index (κ1) is 11.8. The molecule has 0 radical (unpaired) electrons. The van der Waals surface area contributed by atoms with E-state index in [1.807, 2.05) is 24.3 Å². The Labute approximate surface area is 110 Å². The van der Waals surface area contributed by atoms with Gasteiger partial charge in [-0.2, -0.15) is 0 Å². The average molecular weight is 256 g/mol. The number of aromatic nitrogens is 5. The molecular weight excluding hydrogens is 240 g/mol. The highest BCUT2D eigenvalue weighted by Crippen LogP contribution is 2.23. The maximum absolute atomic E-state index is 4.43. The molecule has 2 aromatic heterocycles. The molecule has 0 saturated carbocycles. The van der Waals surface area contributed by atoms with Crippen molar-refractivity contribution in [3.05, 3.63) is 24.3 Å². The van der Waals surface area contributed by atoms with Crippen LogP contribution < -0.4 is 5.32 Å². The van der Waals surface area contributed by atoms with Gasteiger partial charge < -0.3 is 5.32 Å². The highest BCUT2D eigenvalue weighted by Gasteiger charge is 2.10. The van der Waals surface area contributed by atoms with Crippen LogP contribution in [0.25, 0.3) is 16.4 Å². The van der Waals surface area contributed by atoms with E-state index in [0.29, 0.717) is 11.6 Å². The van der Waals surface area contributed by atoms with Crippen LogP contribution in [0.15, 0.2) is 24.3 Å². The summed E-state index contributed by atoms with van der Waals surface area (Å²) in [4.78, 5) is 0. The van der Waals surface area contributed by atoms with Crippen LogP contribution in [0, 0.1) is 5.92 Å². The van der Waals surface area contributed by atoms with Crippen molar-refractivity contribution in [3.8, 4) is 0 Å². The van der Waals surface area contributed by atoms with Gasteiger partial charge in [-0.25, -0.2) is 0 Å². The second-order valence-electron chi connectivity index (χ2n) is 5.00. The molecule has 0 saturated heterocycles. The predicted molar refractivity (Wildman–Crippen MR) is 74.0 cm³/mol. The molecule has 3 rings (SSSR count). The lowest BCUT2D eigenvalue weighted by Crippen LogP contribution is -2.09. The van der Waals surface area contributed by atoms with Gasteiger partial charge in [0.05, 0.1) is 0 Å². The standard InChI is InChI=1S/C13H16N6/c1-9(2)7-8-14-12-10-5-3-4-6-11(10)13-15-17-18-19(13)16-12/h3-6,9H,7-8H2,1-2H3,(H,14,16). The third-order valence-corrected chi connectivity index (χ3v) is 3.09. The Bertz CT molecular complexity index is 702. The van der Waals surface area contributed by atoms with E-state index in [4.69, 9.17) is 0 Å². The maximum Gasteiger partial charge on any atom is 0.207 e. The first-order chi connectivity index (χ1) is 9.25. The molecule has 19 heavy (non-hydrogen) atoms. The molecule has 3 aromatic rings. The molecule has 1 N–H and O–H groups in total. The molecule has 0 amide bonds. The van der Waals surface area contributed by atoms with Crippen molar-refractivity contribution in [2.45, 2.75) is 20.3 Å². The molecule has 0 fully saturated rings. The zero-order valence-corrected chi connectivity index (χ0v) is 11.0. The molecule has 6 nitrogen and oxygen atoms in total. The normalized spacial score (nSPS) is 11.5. The summed E-state index contributed by atoms with van der Waals surface area (Å²) in [5, 5.41) is 21.4. The molecule has 98 valence electrons. The minimum Gasteiger partial charge on any atom is -0.368 e. The van der Waals surface area contributed by atoms with Gasteiger partial charge in [0.15, 0.2) is 5.82 Å². The Hall–Kier alpha value is -2.24. The fraction of sp³-hybridized carbons (Fsp3) is 0.385. The Morgan fingerprint density at radius 1 is 1.21 bits per heavy atom. The van der Waals surface area contributed by atoms with Crippen molar-refractivity contribution in [2.75, 3.05) is 11.9 Å². The van der Waals surface area contributed by atoms with E-state index in [1.165, 1.54) is 4.63 Å². The predicted octanol–water partition coefficient (Wildman–Crippen LogP) is 2.13. The second-order valence-corrected chi connectivity index (χ2v) is 5.00. The SMILES string of the molecule is CC(C)CCNc1nn2nnnc2c2ccccc12. The molecule has 0 aliphatic heterocycles. The van der Waals surface area contributed by atoms with Gasteiger partial charge in [-0.3, -0.25) is 0 Å². The van der Waals surface area contributed by atoms with Gasteiger partial charge in [-0.15, -0.1) is 14.8 Å². The van der Waals surface area contributed by atoms with Gasteiger partial charge in [-0.1, -0.05) is 38.1 Å². The summed E-state index contributed by atoms with van der Waals surface area (Å²) in [5.41, 5.74) is 0.685. The summed E-state index contributed by atoms with van der Waals surface area (Å²) in [7, 11) is 0. The van der Waals surface area contributed by atoms with Crippen molar-refractivity contribution in [2.24, 2.45) is 5.92 Å². The largest absolute Gasteiger partial charge is 0.368 e. The molecule has 0 atom stereocenters. The van der Waals surface area contributed by atoms with Gasteiger partial charge >= 0.3 is 0 Å². The van der Waals surface area contributed by atoms with Crippen LogP contribution in [-0.2, 0) is 0 Å². The van der Waals surface area contributed by atoms with Gasteiger partial charge in [0, 0.05) is 17.3 Å². The first-order valence-corrected chi connectivity index (χ1v) is 6.46. The smallest absolute Gasteiger partial charge is 0.207 e. The fourth-order valence-electron chi connectivity index (χ4n) is 2.05. The Morgan fingerprint density at radius 2 is 2.00 bits per heavy atom. The van der Waals surface area contributed by atoms with Crippen LogP contribution in [0.2, 0.25) is 0 Å². The fourth-order valence-corrected chi connectivity index (χ4v) is 2.05. The zero-order valence-electron chi connectivity index (χ0n) is 11.0. The number of nitrogens with one attached hydrogen (secondary N) is 1. The molecule has 0 bridgehead atoms. The van der Waals surface area contributed by atoms with E-state index in [0.717, 1.165) is 29.6 Å². The molecule has 2 heterocycles. The topological polar surface area (TPSA) is 68.0 Å². The minimum atomic E-state index is 0.663. The number of fused-ring (bicyclic) bond motifs is 3. The van der Waals surface area contributed by atoms with Crippen LogP contribution in [0.3, 0.4) is 0 Å². The summed E-state index contributed by atoms with van der Waals surface area (Å²) in [6, 6.07) is 8.03. The lowest BCUT2D eigenvalue weighted by molar-refractivity contribution is 0.605. The van der Waals surface area contributed by atoms with Crippen molar-refractivity contribution in [3.63, 3.8) is 0 Å². The number of hydrogen-bond acceptors (Lipinski definition) is 5. The first-order valence-electron chi connectivity index (χ1n) is 6.46. The van der Waals surface area contributed by atoms with Gasteiger partial charge in [0.2, 0.25) is 5.65 Å². The number of nitrogens with zero attached hydrogens (tertiary/aromatic N) is 5. The van der Waals surface area contributed by atoms with Crippen LogP contribution in [0.1, 0.15) is 20.3 Å². The third kappa shape index (κ3) is 2.21. The van der Waals surface area contributed by atoms with E-state index in [2.05, 4.69) is 39.8 Å². The lowest BCUT2D eigenvalue weighted by atomic mass is 10.1. The van der Waals surface area contributed by atoms with Gasteiger partial charge in [-0.05, 0) is 22.8 Å². The van der Waals surface area contributed by atoms with Crippen LogP contribution in [-0.4, -0.2) is 31.8 Å². The molecular formula is C13H16N6. The van der Waals surface area contributed by atoms with Crippen molar-refractivity contribution < 1.29 is 0 Å². The maximum atomic E-state index is 4.43. The number of rotatable bonds is 4. The summed E-state index contributed by atoms with van der Waals surface area (Å²) < 4.78 is 1.47. The Balaban J connectivity index is 2.05. The Kier molecular flexibility index (Phi) is 2.98. The molecule has 0 aliphatic carbocycles. The number of hydrogen-bond donors (Lipinski definition) is 1. The zero-order chi connectivity index (χ0) is 13.2. The Morgan fingerprint density at radius 3 is 2.79 bits per heavy atom. The van der Waals surface area contributed by atoms with E-state index < -0.39 is 0 Å². The highest BCUT2D eigenvalue weighted by atomic mass is 15.6. The van der Waals surface area contributed by atoms with E-state index in [-0.39, 0.29) is 0 Å². The average Bonchev–Trinajstić information content (AvgIpc) is 2.87. The third-order valence-electron chi connectivity index (χ3n) is 3.09. The number of benzene rings is 1. The van der Waals surface area contributed by atoms with Gasteiger partial charge in [0.25, 0.3) is 0 Å². The molecule has 1 aromatic carbocycles. The summed E-state index contributed by atoms with van der Waals surface area (Å²) >= 11 is 0. The van der Waals surface area contributed by atoms with Crippen molar-refractivity contribution in [1.82, 2.24) is 25.3 Å².